The number of ether oxygens (including phenoxy) is 4. The molecule has 14 heteroatoms. The lowest BCUT2D eigenvalue weighted by atomic mass is 10.2. The Kier molecular flexibility index (Phi) is 17.1. The van der Waals surface area contributed by atoms with Crippen LogP contribution in [0.3, 0.4) is 0 Å². The SMILES string of the molecule is C=CCN(CC(=O)OC)C(=O)CN(C/C=C/CN(CC(=O)N(CC=C)CC(=O)OC)C(=O)OC(C)(C)C)C(=O)OC(C)(C)C. The summed E-state index contributed by atoms with van der Waals surface area (Å²) < 4.78 is 20.2. The van der Waals surface area contributed by atoms with Gasteiger partial charge in [0, 0.05) is 26.2 Å². The Bertz CT molecular complexity index is 977. The summed E-state index contributed by atoms with van der Waals surface area (Å²) in [6, 6.07) is 0. The maximum atomic E-state index is 13.0. The summed E-state index contributed by atoms with van der Waals surface area (Å²) in [5.74, 6) is -2.38. The summed E-state index contributed by atoms with van der Waals surface area (Å²) in [7, 11) is 2.39. The third kappa shape index (κ3) is 16.9. The minimum Gasteiger partial charge on any atom is -0.468 e. The van der Waals surface area contributed by atoms with E-state index >= 15 is 0 Å². The van der Waals surface area contributed by atoms with Gasteiger partial charge >= 0.3 is 24.1 Å². The molecule has 0 fully saturated rings. The molecule has 44 heavy (non-hydrogen) atoms. The second-order valence-corrected chi connectivity index (χ2v) is 11.5. The van der Waals surface area contributed by atoms with Gasteiger partial charge in [-0.25, -0.2) is 9.59 Å². The number of carbonyl (C=O) groups is 6. The number of carbonyl (C=O) groups excluding carboxylic acids is 6. The first-order valence-electron chi connectivity index (χ1n) is 13.9. The number of rotatable bonds is 16. The van der Waals surface area contributed by atoms with Crippen molar-refractivity contribution in [3.63, 3.8) is 0 Å². The van der Waals surface area contributed by atoms with Crippen molar-refractivity contribution in [1.82, 2.24) is 19.6 Å². The van der Waals surface area contributed by atoms with Gasteiger partial charge in [-0.15, -0.1) is 13.2 Å². The van der Waals surface area contributed by atoms with Gasteiger partial charge in [0.25, 0.3) is 0 Å². The lowest BCUT2D eigenvalue weighted by molar-refractivity contribution is -0.147. The molecular formula is C30H48N4O10. The molecule has 14 nitrogen and oxygen atoms in total. The zero-order valence-corrected chi connectivity index (χ0v) is 27.3. The number of esters is 2. The monoisotopic (exact) mass is 624 g/mol. The molecule has 4 amide bonds. The van der Waals surface area contributed by atoms with Crippen molar-refractivity contribution in [2.75, 3.05) is 66.6 Å². The molecule has 0 bridgehead atoms. The normalized spacial score (nSPS) is 11.2. The Morgan fingerprint density at radius 2 is 0.864 bits per heavy atom. The van der Waals surface area contributed by atoms with E-state index in [0.717, 1.165) is 9.80 Å². The first-order chi connectivity index (χ1) is 20.4. The lowest BCUT2D eigenvalue weighted by Crippen LogP contribution is -2.46. The largest absolute Gasteiger partial charge is 0.468 e. The van der Waals surface area contributed by atoms with Gasteiger partial charge in [0.2, 0.25) is 11.8 Å². The molecule has 0 aliphatic carbocycles. The smallest absolute Gasteiger partial charge is 0.411 e. The predicted octanol–water partition coefficient (Wildman–Crippen LogP) is 2.39. The van der Waals surface area contributed by atoms with E-state index in [4.69, 9.17) is 9.47 Å². The quantitative estimate of drug-likeness (QED) is 0.142. The number of nitrogens with zero attached hydrogens (tertiary/aromatic N) is 4. The third-order valence-electron chi connectivity index (χ3n) is 5.27. The summed E-state index contributed by atoms with van der Waals surface area (Å²) in [6.45, 7) is 15.6. The Morgan fingerprint density at radius 1 is 0.545 bits per heavy atom. The molecule has 0 rings (SSSR count). The van der Waals surface area contributed by atoms with E-state index in [1.165, 1.54) is 48.3 Å². The lowest BCUT2D eigenvalue weighted by Gasteiger charge is -2.29. The molecule has 0 spiro atoms. The van der Waals surface area contributed by atoms with Crippen LogP contribution in [0.4, 0.5) is 9.59 Å². The molecule has 0 aliphatic rings. The van der Waals surface area contributed by atoms with Crippen LogP contribution in [0.2, 0.25) is 0 Å². The fraction of sp³-hybridized carbons (Fsp3) is 0.600. The van der Waals surface area contributed by atoms with Gasteiger partial charge in [-0.05, 0) is 41.5 Å². The summed E-state index contributed by atoms with van der Waals surface area (Å²) in [5, 5.41) is 0. The second kappa shape index (κ2) is 19.0. The van der Waals surface area contributed by atoms with Crippen molar-refractivity contribution in [2.24, 2.45) is 0 Å². The minimum atomic E-state index is -0.857. The van der Waals surface area contributed by atoms with Crippen LogP contribution in [0.15, 0.2) is 37.5 Å². The Morgan fingerprint density at radius 3 is 1.11 bits per heavy atom. The molecule has 0 aliphatic heterocycles. The third-order valence-corrected chi connectivity index (χ3v) is 5.27. The number of amides is 4. The Labute approximate surface area is 260 Å². The maximum Gasteiger partial charge on any atom is 0.411 e. The van der Waals surface area contributed by atoms with Crippen LogP contribution in [0.25, 0.3) is 0 Å². The molecule has 0 saturated carbocycles. The van der Waals surface area contributed by atoms with Gasteiger partial charge in [-0.3, -0.25) is 29.0 Å². The highest BCUT2D eigenvalue weighted by atomic mass is 16.6. The zero-order valence-electron chi connectivity index (χ0n) is 27.3. The maximum absolute atomic E-state index is 13.0. The van der Waals surface area contributed by atoms with Crippen LogP contribution >= 0.6 is 0 Å². The van der Waals surface area contributed by atoms with E-state index < -0.39 is 60.2 Å². The topological polar surface area (TPSA) is 152 Å². The van der Waals surface area contributed by atoms with Crippen LogP contribution in [0.5, 0.6) is 0 Å². The molecule has 0 N–H and O–H groups in total. The van der Waals surface area contributed by atoms with E-state index in [1.807, 2.05) is 0 Å². The van der Waals surface area contributed by atoms with Crippen LogP contribution in [0, 0.1) is 0 Å². The molecule has 0 radical (unpaired) electrons. The molecule has 0 heterocycles. The summed E-state index contributed by atoms with van der Waals surface area (Å²) in [4.78, 5) is 80.1. The predicted molar refractivity (Wildman–Crippen MR) is 162 cm³/mol. The van der Waals surface area contributed by atoms with Crippen molar-refractivity contribution in [2.45, 2.75) is 52.7 Å². The number of methoxy groups -OCH3 is 2. The van der Waals surface area contributed by atoms with E-state index in [-0.39, 0.29) is 39.3 Å². The highest BCUT2D eigenvalue weighted by Crippen LogP contribution is 2.12. The first-order valence-corrected chi connectivity index (χ1v) is 13.9. The van der Waals surface area contributed by atoms with Gasteiger partial charge in [-0.1, -0.05) is 24.3 Å². The van der Waals surface area contributed by atoms with Crippen molar-refractivity contribution < 1.29 is 47.7 Å². The van der Waals surface area contributed by atoms with Crippen molar-refractivity contribution in [1.29, 1.82) is 0 Å². The van der Waals surface area contributed by atoms with Gasteiger partial charge < -0.3 is 28.7 Å². The highest BCUT2D eigenvalue weighted by Gasteiger charge is 2.28. The van der Waals surface area contributed by atoms with Gasteiger partial charge in [0.05, 0.1) is 14.2 Å². The summed E-state index contributed by atoms with van der Waals surface area (Å²) in [6.07, 6.45) is 4.35. The van der Waals surface area contributed by atoms with E-state index in [2.05, 4.69) is 22.6 Å². The van der Waals surface area contributed by atoms with E-state index in [0.29, 0.717) is 0 Å². The van der Waals surface area contributed by atoms with Crippen LogP contribution < -0.4 is 0 Å². The molecule has 248 valence electrons. The molecule has 0 saturated heterocycles. The Balaban J connectivity index is 5.96. The van der Waals surface area contributed by atoms with Gasteiger partial charge in [0.15, 0.2) is 0 Å². The standard InChI is InChI=1S/C30H48N4O10/c1-11-15-31(21-25(37)41-9)23(35)19-33(27(39)43-29(3,4)5)17-13-14-18-34(28(40)44-30(6,7)8)20-24(36)32(16-12-2)22-26(38)42-10/h11-14H,1-2,15-22H2,3-10H3/b14-13+. The fourth-order valence-electron chi connectivity index (χ4n) is 3.25. The molecule has 0 atom stereocenters. The number of hydrogen-bond acceptors (Lipinski definition) is 10. The van der Waals surface area contributed by atoms with Crippen LogP contribution in [-0.4, -0.2) is 133 Å². The van der Waals surface area contributed by atoms with E-state index in [1.54, 1.807) is 41.5 Å². The first kappa shape index (κ1) is 39.6. The zero-order chi connectivity index (χ0) is 34.1. The fourth-order valence-corrected chi connectivity index (χ4v) is 3.25. The van der Waals surface area contributed by atoms with Gasteiger partial charge in [0.1, 0.15) is 37.4 Å². The molecular weight excluding hydrogens is 576 g/mol. The minimum absolute atomic E-state index is 0.0453. The molecule has 0 unspecified atom stereocenters. The number of hydrogen-bond donors (Lipinski definition) is 0. The average molecular weight is 625 g/mol. The Hall–Kier alpha value is -4.36. The second-order valence-electron chi connectivity index (χ2n) is 11.5. The molecule has 0 aromatic rings. The molecule has 0 aromatic heterocycles. The average Bonchev–Trinajstić information content (AvgIpc) is 2.90. The summed E-state index contributed by atoms with van der Waals surface area (Å²) >= 11 is 0. The van der Waals surface area contributed by atoms with Crippen molar-refractivity contribution in [3.8, 4) is 0 Å². The van der Waals surface area contributed by atoms with Crippen molar-refractivity contribution >= 4 is 35.9 Å². The van der Waals surface area contributed by atoms with Crippen LogP contribution in [-0.2, 0) is 38.1 Å². The van der Waals surface area contributed by atoms with Gasteiger partial charge in [-0.2, -0.15) is 0 Å². The van der Waals surface area contributed by atoms with E-state index in [9.17, 15) is 28.8 Å². The highest BCUT2D eigenvalue weighted by molar-refractivity contribution is 5.86. The van der Waals surface area contributed by atoms with Crippen molar-refractivity contribution in [3.05, 3.63) is 37.5 Å². The summed E-state index contributed by atoms with van der Waals surface area (Å²) in [5.41, 5.74) is -1.71. The molecule has 0 aromatic carbocycles. The van der Waals surface area contributed by atoms with Crippen LogP contribution in [0.1, 0.15) is 41.5 Å².